The van der Waals surface area contributed by atoms with Gasteiger partial charge in [0.2, 0.25) is 0 Å². The summed E-state index contributed by atoms with van der Waals surface area (Å²) >= 11 is 1.38. The van der Waals surface area contributed by atoms with Gasteiger partial charge < -0.3 is 4.74 Å². The fourth-order valence-electron chi connectivity index (χ4n) is 2.39. The Morgan fingerprint density at radius 2 is 1.67 bits per heavy atom. The molecule has 2 aromatic carbocycles. The second-order valence-electron chi connectivity index (χ2n) is 5.26. The first-order valence-corrected chi connectivity index (χ1v) is 8.68. The summed E-state index contributed by atoms with van der Waals surface area (Å²) in [6.45, 7) is 4.08. The Labute approximate surface area is 145 Å². The number of thioether (sulfide) groups is 1. The van der Waals surface area contributed by atoms with E-state index in [9.17, 15) is 4.79 Å². The minimum Gasteiger partial charge on any atom is -0.465 e. The van der Waals surface area contributed by atoms with Crippen molar-refractivity contribution in [2.75, 3.05) is 6.61 Å². The molecule has 0 saturated heterocycles. The molecule has 4 nitrogen and oxygen atoms in total. The maximum Gasteiger partial charge on any atom is 0.324 e. The number of ether oxygens (including phenoxy) is 1. The van der Waals surface area contributed by atoms with Crippen LogP contribution < -0.4 is 0 Å². The molecular formula is C19H18N2O2S. The third kappa shape index (κ3) is 3.57. The highest BCUT2D eigenvalue weighted by Crippen LogP contribution is 2.37. The zero-order valence-corrected chi connectivity index (χ0v) is 14.4. The SMILES string of the molecule is CCOC(=O)[C@H](Sc1nc2ccccc2nc1C)c1ccccc1. The summed E-state index contributed by atoms with van der Waals surface area (Å²) in [5, 5.41) is 0.288. The molecule has 0 N–H and O–H groups in total. The monoisotopic (exact) mass is 338 g/mol. The van der Waals surface area contributed by atoms with Crippen LogP contribution in [0.3, 0.4) is 0 Å². The van der Waals surface area contributed by atoms with Gasteiger partial charge in [-0.05, 0) is 31.5 Å². The van der Waals surface area contributed by atoms with Crippen molar-refractivity contribution in [1.29, 1.82) is 0 Å². The van der Waals surface area contributed by atoms with Crippen LogP contribution in [0.5, 0.6) is 0 Å². The number of nitrogens with zero attached hydrogens (tertiary/aromatic N) is 2. The van der Waals surface area contributed by atoms with Gasteiger partial charge in [-0.15, -0.1) is 0 Å². The highest BCUT2D eigenvalue weighted by atomic mass is 32.2. The zero-order chi connectivity index (χ0) is 16.9. The van der Waals surface area contributed by atoms with Crippen molar-refractivity contribution in [2.24, 2.45) is 0 Å². The molecule has 24 heavy (non-hydrogen) atoms. The van der Waals surface area contributed by atoms with Gasteiger partial charge in [0.1, 0.15) is 10.3 Å². The molecule has 1 aromatic heterocycles. The van der Waals surface area contributed by atoms with E-state index in [1.54, 1.807) is 0 Å². The molecule has 0 amide bonds. The Balaban J connectivity index is 1.98. The third-order valence-corrected chi connectivity index (χ3v) is 4.84. The number of benzene rings is 2. The lowest BCUT2D eigenvalue weighted by atomic mass is 10.1. The summed E-state index contributed by atoms with van der Waals surface area (Å²) in [6.07, 6.45) is 0. The van der Waals surface area contributed by atoms with E-state index < -0.39 is 5.25 Å². The summed E-state index contributed by atoms with van der Waals surface area (Å²) in [4.78, 5) is 21.7. The summed E-state index contributed by atoms with van der Waals surface area (Å²) in [6, 6.07) is 17.4. The lowest BCUT2D eigenvalue weighted by Gasteiger charge is -2.16. The van der Waals surface area contributed by atoms with Crippen LogP contribution in [-0.2, 0) is 9.53 Å². The molecule has 0 saturated carbocycles. The number of fused-ring (bicyclic) bond motifs is 1. The molecule has 0 bridgehead atoms. The standard InChI is InChI=1S/C19H18N2O2S/c1-3-23-19(22)17(14-9-5-4-6-10-14)24-18-13(2)20-15-11-7-8-12-16(15)21-18/h4-12,17H,3H2,1-2H3/t17-/m1/s1. The summed E-state index contributed by atoms with van der Waals surface area (Å²) in [5.74, 6) is -0.261. The van der Waals surface area contributed by atoms with Crippen molar-refractivity contribution in [3.8, 4) is 0 Å². The predicted molar refractivity (Wildman–Crippen MR) is 95.9 cm³/mol. The van der Waals surface area contributed by atoms with Crippen molar-refractivity contribution in [1.82, 2.24) is 9.97 Å². The Hall–Kier alpha value is -2.40. The largest absolute Gasteiger partial charge is 0.465 e. The van der Waals surface area contributed by atoms with Gasteiger partial charge in [-0.1, -0.05) is 54.2 Å². The van der Waals surface area contributed by atoms with Crippen LogP contribution in [-0.4, -0.2) is 22.5 Å². The minimum absolute atomic E-state index is 0.261. The van der Waals surface area contributed by atoms with Gasteiger partial charge in [0.25, 0.3) is 0 Å². The van der Waals surface area contributed by atoms with Crippen LogP contribution in [0, 0.1) is 6.92 Å². The first kappa shape index (κ1) is 16.5. The highest BCUT2D eigenvalue weighted by Gasteiger charge is 2.25. The van der Waals surface area contributed by atoms with Crippen molar-refractivity contribution in [3.63, 3.8) is 0 Å². The fourth-order valence-corrected chi connectivity index (χ4v) is 3.44. The molecule has 5 heteroatoms. The second-order valence-corrected chi connectivity index (χ2v) is 6.36. The van der Waals surface area contributed by atoms with E-state index in [0.29, 0.717) is 6.61 Å². The van der Waals surface area contributed by atoms with E-state index in [-0.39, 0.29) is 5.97 Å². The molecule has 0 spiro atoms. The molecule has 0 aliphatic carbocycles. The average molecular weight is 338 g/mol. The van der Waals surface area contributed by atoms with Gasteiger partial charge >= 0.3 is 5.97 Å². The predicted octanol–water partition coefficient (Wildman–Crippen LogP) is 4.33. The van der Waals surface area contributed by atoms with E-state index in [1.165, 1.54) is 11.8 Å². The molecule has 3 aromatic rings. The lowest BCUT2D eigenvalue weighted by Crippen LogP contribution is -2.13. The Bertz CT molecular complexity index is 852. The average Bonchev–Trinajstić information content (AvgIpc) is 2.60. The summed E-state index contributed by atoms with van der Waals surface area (Å²) in [5.41, 5.74) is 3.38. The molecule has 122 valence electrons. The van der Waals surface area contributed by atoms with Crippen molar-refractivity contribution in [2.45, 2.75) is 24.1 Å². The quantitative estimate of drug-likeness (QED) is 0.512. The second kappa shape index (κ2) is 7.45. The molecule has 3 rings (SSSR count). The maximum absolute atomic E-state index is 12.4. The van der Waals surface area contributed by atoms with Gasteiger partial charge in [-0.2, -0.15) is 0 Å². The number of carbonyl (C=O) groups is 1. The Kier molecular flexibility index (Phi) is 5.11. The molecule has 0 aliphatic heterocycles. The third-order valence-electron chi connectivity index (χ3n) is 3.53. The number of esters is 1. The van der Waals surface area contributed by atoms with Crippen LogP contribution in [0.15, 0.2) is 59.6 Å². The van der Waals surface area contributed by atoms with Crippen LogP contribution in [0.2, 0.25) is 0 Å². The first-order chi connectivity index (χ1) is 11.7. The maximum atomic E-state index is 12.4. The number of hydrogen-bond donors (Lipinski definition) is 0. The molecule has 0 fully saturated rings. The Morgan fingerprint density at radius 1 is 1.04 bits per heavy atom. The normalized spacial score (nSPS) is 12.1. The van der Waals surface area contributed by atoms with Crippen LogP contribution in [0.1, 0.15) is 23.4 Å². The lowest BCUT2D eigenvalue weighted by molar-refractivity contribution is -0.142. The first-order valence-electron chi connectivity index (χ1n) is 7.80. The van der Waals surface area contributed by atoms with Crippen molar-refractivity contribution >= 4 is 28.8 Å². The summed E-state index contributed by atoms with van der Waals surface area (Å²) < 4.78 is 5.25. The van der Waals surface area contributed by atoms with E-state index in [4.69, 9.17) is 4.74 Å². The minimum atomic E-state index is -0.458. The summed E-state index contributed by atoms with van der Waals surface area (Å²) in [7, 11) is 0. The smallest absolute Gasteiger partial charge is 0.324 e. The van der Waals surface area contributed by atoms with Gasteiger partial charge in [-0.25, -0.2) is 9.97 Å². The number of rotatable bonds is 5. The van der Waals surface area contributed by atoms with E-state index >= 15 is 0 Å². The van der Waals surface area contributed by atoms with E-state index in [2.05, 4.69) is 9.97 Å². The Morgan fingerprint density at radius 3 is 2.33 bits per heavy atom. The highest BCUT2D eigenvalue weighted by molar-refractivity contribution is 8.00. The van der Waals surface area contributed by atoms with Gasteiger partial charge in [0.15, 0.2) is 0 Å². The molecule has 1 heterocycles. The van der Waals surface area contributed by atoms with Gasteiger partial charge in [-0.3, -0.25) is 4.79 Å². The van der Waals surface area contributed by atoms with E-state index in [0.717, 1.165) is 27.3 Å². The molecular weight excluding hydrogens is 320 g/mol. The fraction of sp³-hybridized carbons (Fsp3) is 0.211. The number of aryl methyl sites for hydroxylation is 1. The number of aromatic nitrogens is 2. The number of carbonyl (C=O) groups excluding carboxylic acids is 1. The van der Waals surface area contributed by atoms with Crippen LogP contribution in [0.4, 0.5) is 0 Å². The molecule has 1 atom stereocenters. The number of para-hydroxylation sites is 2. The topological polar surface area (TPSA) is 52.1 Å². The van der Waals surface area contributed by atoms with Crippen LogP contribution in [0.25, 0.3) is 11.0 Å². The van der Waals surface area contributed by atoms with E-state index in [1.807, 2.05) is 68.4 Å². The van der Waals surface area contributed by atoms with Crippen LogP contribution >= 0.6 is 11.8 Å². The van der Waals surface area contributed by atoms with Crippen molar-refractivity contribution in [3.05, 3.63) is 65.9 Å². The molecule has 0 aliphatic rings. The molecule has 0 radical (unpaired) electrons. The van der Waals surface area contributed by atoms with Crippen molar-refractivity contribution < 1.29 is 9.53 Å². The van der Waals surface area contributed by atoms with Gasteiger partial charge in [0, 0.05) is 0 Å². The zero-order valence-electron chi connectivity index (χ0n) is 13.6. The van der Waals surface area contributed by atoms with Gasteiger partial charge in [0.05, 0.1) is 23.3 Å². The number of hydrogen-bond acceptors (Lipinski definition) is 5. The molecule has 0 unspecified atom stereocenters.